The Hall–Kier alpha value is -0.261. The fourth-order valence-electron chi connectivity index (χ4n) is 0. The van der Waals surface area contributed by atoms with Gasteiger partial charge in [0.05, 0.1) is 0 Å². The molecule has 0 rings (SSSR count). The third kappa shape index (κ3) is 9.22. The molecule has 4 nitrogen and oxygen atoms in total. The third-order valence-electron chi connectivity index (χ3n) is 0.183. The SMILES string of the molecule is O=C(O)C(=O)O.[CH3][Sn]. The fourth-order valence-corrected chi connectivity index (χ4v) is 0. The zero-order chi connectivity index (χ0) is 7.15. The van der Waals surface area contributed by atoms with Gasteiger partial charge in [0.15, 0.2) is 0 Å². The van der Waals surface area contributed by atoms with Gasteiger partial charge in [0, 0.05) is 0 Å². The Bertz CT molecular complexity index is 77.3. The molecule has 0 aliphatic rings. The van der Waals surface area contributed by atoms with Crippen LogP contribution >= 0.6 is 0 Å². The van der Waals surface area contributed by atoms with Crippen LogP contribution in [0.2, 0.25) is 4.94 Å². The summed E-state index contributed by atoms with van der Waals surface area (Å²) in [6.45, 7) is 0. The minimum atomic E-state index is -1.82. The van der Waals surface area contributed by atoms with Gasteiger partial charge in [0.1, 0.15) is 0 Å². The van der Waals surface area contributed by atoms with E-state index in [2.05, 4.69) is 4.94 Å². The third-order valence-corrected chi connectivity index (χ3v) is 0.183. The van der Waals surface area contributed by atoms with Crippen molar-refractivity contribution in [1.82, 2.24) is 0 Å². The number of carbonyl (C=O) groups is 2. The molecule has 0 aromatic heterocycles. The van der Waals surface area contributed by atoms with Gasteiger partial charge in [-0.1, -0.05) is 0 Å². The van der Waals surface area contributed by atoms with Crippen LogP contribution in [0.5, 0.6) is 0 Å². The Labute approximate surface area is 59.6 Å². The van der Waals surface area contributed by atoms with E-state index in [9.17, 15) is 0 Å². The average molecular weight is 224 g/mol. The molecule has 0 saturated heterocycles. The van der Waals surface area contributed by atoms with Crippen LogP contribution in [0.1, 0.15) is 0 Å². The van der Waals surface area contributed by atoms with Gasteiger partial charge in [-0.2, -0.15) is 0 Å². The van der Waals surface area contributed by atoms with Gasteiger partial charge >= 0.3 is 39.4 Å². The maximum atomic E-state index is 9.10. The van der Waals surface area contributed by atoms with Crippen molar-refractivity contribution in [2.24, 2.45) is 0 Å². The Morgan fingerprint density at radius 3 is 1.25 bits per heavy atom. The van der Waals surface area contributed by atoms with E-state index in [0.717, 1.165) is 0 Å². The average Bonchev–Trinajstić information content (AvgIpc) is 1.72. The van der Waals surface area contributed by atoms with E-state index >= 15 is 0 Å². The zero-order valence-electron chi connectivity index (χ0n) is 4.21. The van der Waals surface area contributed by atoms with Gasteiger partial charge < -0.3 is 10.2 Å². The molecule has 0 fully saturated rings. The Morgan fingerprint density at radius 1 is 1.12 bits per heavy atom. The van der Waals surface area contributed by atoms with E-state index in [1.54, 1.807) is 22.5 Å². The van der Waals surface area contributed by atoms with Crippen LogP contribution in [-0.2, 0) is 9.59 Å². The van der Waals surface area contributed by atoms with Gasteiger partial charge in [-0.15, -0.1) is 0 Å². The van der Waals surface area contributed by atoms with Crippen molar-refractivity contribution in [3.63, 3.8) is 0 Å². The van der Waals surface area contributed by atoms with Gasteiger partial charge in [0.2, 0.25) is 0 Å². The molecule has 0 aliphatic carbocycles. The molecule has 0 unspecified atom stereocenters. The second-order valence-electron chi connectivity index (χ2n) is 0.610. The maximum absolute atomic E-state index is 9.10. The molecular formula is C3H5O4Sn. The monoisotopic (exact) mass is 225 g/mol. The van der Waals surface area contributed by atoms with Crippen molar-refractivity contribution in [2.75, 3.05) is 0 Å². The summed E-state index contributed by atoms with van der Waals surface area (Å²) in [5, 5.41) is 14.8. The summed E-state index contributed by atoms with van der Waals surface area (Å²) in [6.07, 6.45) is 0. The summed E-state index contributed by atoms with van der Waals surface area (Å²) in [6, 6.07) is 0. The molecule has 0 aromatic carbocycles. The van der Waals surface area contributed by atoms with Gasteiger partial charge in [0.25, 0.3) is 0 Å². The zero-order valence-corrected chi connectivity index (χ0v) is 7.07. The molecule has 3 radical (unpaired) electrons. The van der Waals surface area contributed by atoms with Crippen LogP contribution in [0.15, 0.2) is 0 Å². The number of rotatable bonds is 0. The van der Waals surface area contributed by atoms with E-state index in [1.807, 2.05) is 0 Å². The number of hydrogen-bond acceptors (Lipinski definition) is 2. The second-order valence-corrected chi connectivity index (χ2v) is 0.610. The standard InChI is InChI=1S/C2H2O4.CH3.Sn/c3-1(4)2(5)6;;/h(H,3,4)(H,5,6);1H3;. The number of hydrogen-bond donors (Lipinski definition) is 2. The molecule has 0 heterocycles. The predicted octanol–water partition coefficient (Wildman–Crippen LogP) is -0.641. The van der Waals surface area contributed by atoms with Crippen LogP contribution in [0, 0.1) is 0 Å². The Balaban J connectivity index is 0. The first kappa shape index (κ1) is 10.7. The molecule has 0 aromatic rings. The van der Waals surface area contributed by atoms with Crippen molar-refractivity contribution in [2.45, 2.75) is 4.94 Å². The first-order valence-corrected chi connectivity index (χ1v) is 4.46. The number of aliphatic carboxylic acids is 2. The summed E-state index contributed by atoms with van der Waals surface area (Å²) in [4.78, 5) is 20.3. The molecule has 2 N–H and O–H groups in total. The first-order valence-electron chi connectivity index (χ1n) is 1.61. The summed E-state index contributed by atoms with van der Waals surface area (Å²) in [5.74, 6) is -3.65. The molecule has 5 heteroatoms. The van der Waals surface area contributed by atoms with Gasteiger partial charge in [-0.05, 0) is 0 Å². The fraction of sp³-hybridized carbons (Fsp3) is 0.333. The van der Waals surface area contributed by atoms with Crippen LogP contribution in [0.25, 0.3) is 0 Å². The number of carboxylic acids is 2. The summed E-state index contributed by atoms with van der Waals surface area (Å²) in [7, 11) is 0. The van der Waals surface area contributed by atoms with E-state index in [-0.39, 0.29) is 0 Å². The molecule has 45 valence electrons. The summed E-state index contributed by atoms with van der Waals surface area (Å²) in [5.41, 5.74) is 0. The van der Waals surface area contributed by atoms with Crippen molar-refractivity contribution >= 4 is 34.5 Å². The topological polar surface area (TPSA) is 74.6 Å². The quantitative estimate of drug-likeness (QED) is 0.423. The molecule has 0 atom stereocenters. The molecule has 0 spiro atoms. The van der Waals surface area contributed by atoms with Crippen molar-refractivity contribution in [1.29, 1.82) is 0 Å². The van der Waals surface area contributed by atoms with E-state index in [1.165, 1.54) is 0 Å². The molecule has 0 saturated carbocycles. The van der Waals surface area contributed by atoms with Crippen molar-refractivity contribution in [3.05, 3.63) is 0 Å². The molecule has 8 heavy (non-hydrogen) atoms. The van der Waals surface area contributed by atoms with Crippen LogP contribution < -0.4 is 0 Å². The molecule has 0 aliphatic heterocycles. The van der Waals surface area contributed by atoms with Gasteiger partial charge in [-0.25, -0.2) is 9.59 Å². The summed E-state index contributed by atoms with van der Waals surface area (Å²) >= 11 is 1.55. The summed E-state index contributed by atoms with van der Waals surface area (Å²) < 4.78 is 0. The molecular weight excluding hydrogens is 219 g/mol. The van der Waals surface area contributed by atoms with Crippen LogP contribution in [0.3, 0.4) is 0 Å². The minimum absolute atomic E-state index is 1.55. The van der Waals surface area contributed by atoms with Crippen LogP contribution in [-0.4, -0.2) is 44.7 Å². The van der Waals surface area contributed by atoms with E-state index in [4.69, 9.17) is 19.8 Å². The van der Waals surface area contributed by atoms with Crippen LogP contribution in [0.4, 0.5) is 0 Å². The molecule has 0 bridgehead atoms. The van der Waals surface area contributed by atoms with E-state index in [0.29, 0.717) is 0 Å². The van der Waals surface area contributed by atoms with Gasteiger partial charge in [-0.3, -0.25) is 0 Å². The Kier molecular flexibility index (Phi) is 8.99. The second kappa shape index (κ2) is 6.74. The first-order chi connectivity index (χ1) is 3.64. The predicted molar refractivity (Wildman–Crippen MR) is 26.9 cm³/mol. The molecule has 0 amide bonds. The Morgan fingerprint density at radius 2 is 1.25 bits per heavy atom. The van der Waals surface area contributed by atoms with Crippen molar-refractivity contribution < 1.29 is 19.8 Å². The number of carboxylic acid groups (broad SMARTS) is 2. The van der Waals surface area contributed by atoms with Crippen molar-refractivity contribution in [3.8, 4) is 0 Å². The normalized spacial score (nSPS) is 6.25. The van der Waals surface area contributed by atoms with E-state index < -0.39 is 11.9 Å².